The van der Waals surface area contributed by atoms with Crippen molar-refractivity contribution in [3.05, 3.63) is 17.8 Å². The monoisotopic (exact) mass is 547 g/mol. The van der Waals surface area contributed by atoms with Gasteiger partial charge in [-0.15, -0.1) is 0 Å². The summed E-state index contributed by atoms with van der Waals surface area (Å²) in [5.41, 5.74) is 0. The molecule has 1 heterocycles. The molecule has 3 nitrogen and oxygen atoms in total. The Kier molecular flexibility index (Phi) is 101. The third kappa shape index (κ3) is 599. The molecule has 1 unspecified atom stereocenters. The van der Waals surface area contributed by atoms with Gasteiger partial charge in [-0.2, -0.15) is 75.8 Å². The van der Waals surface area contributed by atoms with Crippen LogP contribution in [0.5, 0.6) is 0 Å². The van der Waals surface area contributed by atoms with Crippen LogP contribution in [-0.2, 0) is 81.5 Å². The summed E-state index contributed by atoms with van der Waals surface area (Å²) in [7, 11) is 0. The van der Waals surface area contributed by atoms with Crippen LogP contribution in [0.4, 0.5) is 0 Å². The summed E-state index contributed by atoms with van der Waals surface area (Å²) in [6, 6.07) is 0. The minimum absolute atomic E-state index is 0. The number of carboxylic acids is 1. The van der Waals surface area contributed by atoms with E-state index in [0.29, 0.717) is 6.10 Å². The van der Waals surface area contributed by atoms with E-state index in [2.05, 4.69) is 69.2 Å². The molecule has 0 amide bonds. The summed E-state index contributed by atoms with van der Waals surface area (Å²) >= 11 is 0. The number of ether oxygens (including phenoxy) is 1. The molecule has 0 aromatic heterocycles. The largest absolute Gasteiger partial charge is 2.00 e. The van der Waals surface area contributed by atoms with Crippen molar-refractivity contribution in [2.45, 2.75) is 82.3 Å². The fraction of sp³-hybridized carbons (Fsp3) is 0.765. The van der Waals surface area contributed by atoms with Gasteiger partial charge in [0.25, 0.3) is 5.97 Å². The molecule has 25 heavy (non-hydrogen) atoms. The van der Waals surface area contributed by atoms with Gasteiger partial charge >= 0.3 is 58.4 Å². The summed E-state index contributed by atoms with van der Waals surface area (Å²) in [5.74, 6) is 3.42. The Balaban J connectivity index is -0.0000000174. The fourth-order valence-electron chi connectivity index (χ4n) is 0.0962. The Morgan fingerprint density at radius 3 is 0.880 bits per heavy atom. The predicted octanol–water partition coefficient (Wildman–Crippen LogP) is 5.46. The van der Waals surface area contributed by atoms with Crippen LogP contribution < -0.4 is 0 Å². The van der Waals surface area contributed by atoms with Gasteiger partial charge in [0.15, 0.2) is 0 Å². The van der Waals surface area contributed by atoms with Gasteiger partial charge in [-0.05, 0) is 6.92 Å². The maximum atomic E-state index is 9.00. The molecule has 8 heteroatoms. The van der Waals surface area contributed by atoms with Crippen LogP contribution in [0, 0.1) is 17.8 Å². The van der Waals surface area contributed by atoms with Gasteiger partial charge < -0.3 is 41.1 Å². The zero-order valence-electron chi connectivity index (χ0n) is 18.6. The van der Waals surface area contributed by atoms with E-state index >= 15 is 0 Å². The number of hydrogen-bond donors (Lipinski definition) is 1. The molecule has 1 atom stereocenters. The average molecular weight is 552 g/mol. The van der Waals surface area contributed by atoms with Crippen molar-refractivity contribution < 1.29 is 73.1 Å². The number of hydrogen-bond acceptors (Lipinski definition) is 2. The van der Waals surface area contributed by atoms with Gasteiger partial charge in [-0.3, -0.25) is 4.79 Å². The van der Waals surface area contributed by atoms with Crippen LogP contribution in [0.2, 0.25) is 0 Å². The molecule has 1 aliphatic rings. The van der Waals surface area contributed by atoms with Crippen LogP contribution in [0.25, 0.3) is 0 Å². The van der Waals surface area contributed by atoms with Crippen molar-refractivity contribution in [1.29, 1.82) is 0 Å². The summed E-state index contributed by atoms with van der Waals surface area (Å²) in [6.07, 6.45) is 0.583. The molecule has 0 aromatic carbocycles. The zero-order chi connectivity index (χ0) is 17.3. The van der Waals surface area contributed by atoms with E-state index in [-0.39, 0.29) is 85.4 Å². The van der Waals surface area contributed by atoms with Crippen molar-refractivity contribution in [2.24, 2.45) is 0 Å². The third-order valence-corrected chi connectivity index (χ3v) is 0.500. The topological polar surface area (TPSA) is 49.8 Å². The summed E-state index contributed by atoms with van der Waals surface area (Å²) in [4.78, 5) is 9.00. The number of carboxylic acid groups (broad SMARTS) is 1. The van der Waals surface area contributed by atoms with E-state index in [9.17, 15) is 0 Å². The molecule has 1 N–H and O–H groups in total. The second kappa shape index (κ2) is 45.0. The Bertz CT molecular complexity index is 167. The van der Waals surface area contributed by atoms with Crippen LogP contribution in [0.1, 0.15) is 76.2 Å². The Hall–Kier alpha value is 2.00. The van der Waals surface area contributed by atoms with Gasteiger partial charge in [0.05, 0.1) is 12.7 Å². The Labute approximate surface area is 211 Å². The summed E-state index contributed by atoms with van der Waals surface area (Å²) in [5, 5.41) is 7.42. The maximum Gasteiger partial charge on any atom is 2.00 e. The first kappa shape index (κ1) is 56.3. The van der Waals surface area contributed by atoms with Crippen LogP contribution >= 0.6 is 13.5 Å². The molecule has 0 saturated carbocycles. The summed E-state index contributed by atoms with van der Waals surface area (Å²) < 4.78 is 4.71. The van der Waals surface area contributed by atoms with E-state index in [1.165, 1.54) is 17.8 Å². The van der Waals surface area contributed by atoms with Gasteiger partial charge in [0.1, 0.15) is 0 Å². The molecule has 1 rings (SSSR count). The Morgan fingerprint density at radius 2 is 0.880 bits per heavy atom. The van der Waals surface area contributed by atoms with Crippen LogP contribution in [-0.4, -0.2) is 23.8 Å². The van der Waals surface area contributed by atoms with E-state index in [0.717, 1.165) is 13.5 Å². The van der Waals surface area contributed by atoms with Crippen LogP contribution in [0.3, 0.4) is 0 Å². The van der Waals surface area contributed by atoms with E-state index in [1.807, 2.05) is 0 Å². The van der Waals surface area contributed by atoms with Gasteiger partial charge in [-0.1, -0.05) is 0 Å². The fourth-order valence-corrected chi connectivity index (χ4v) is 0.0962. The zero-order valence-corrected chi connectivity index (χ0v) is 29.3. The molecule has 0 spiro atoms. The van der Waals surface area contributed by atoms with Gasteiger partial charge in [0, 0.05) is 6.92 Å². The molecule has 0 aliphatic carbocycles. The van der Waals surface area contributed by atoms with E-state index < -0.39 is 5.97 Å². The minimum Gasteiger partial charge on any atom is -2.00 e. The first-order valence-corrected chi connectivity index (χ1v) is 6.94. The first-order valence-electron chi connectivity index (χ1n) is 6.94. The molecular weight excluding hydrogens is 512 g/mol. The van der Waals surface area contributed by atoms with Gasteiger partial charge in [-0.25, -0.2) is 0 Å². The average Bonchev–Trinajstić information content (AvgIpc) is 2.82. The first-order chi connectivity index (χ1) is 8.82. The smallest absolute Gasteiger partial charge is 2.00 e. The van der Waals surface area contributed by atoms with Crippen molar-refractivity contribution in [3.8, 4) is 0 Å². The normalized spacial score (nSPS) is 11.7. The van der Waals surface area contributed by atoms with Crippen molar-refractivity contribution in [2.75, 3.05) is 6.61 Å². The number of epoxide rings is 1. The standard InChI is InChI=1S/3C4H9.C3H6O.C2H4O2.H2S.S.3Zn/c3*1-4(2)3;1-3-2-4-3;1-2(3)4;;;;;/h3*1-3H3;3H,2H2,1H3;1H3,(H,3,4);1H2;;;;/q3*-1;;;;-2;3*+2. The van der Waals surface area contributed by atoms with Gasteiger partial charge in [0.2, 0.25) is 0 Å². The molecule has 142 valence electrons. The van der Waals surface area contributed by atoms with E-state index in [1.54, 1.807) is 0 Å². The molecule has 0 bridgehead atoms. The van der Waals surface area contributed by atoms with Crippen molar-refractivity contribution in [3.63, 3.8) is 0 Å². The Morgan fingerprint density at radius 1 is 0.840 bits per heavy atom. The predicted molar refractivity (Wildman–Crippen MR) is 107 cm³/mol. The summed E-state index contributed by atoms with van der Waals surface area (Å²) in [6.45, 7) is 22.9. The van der Waals surface area contributed by atoms with Crippen molar-refractivity contribution in [1.82, 2.24) is 0 Å². The second-order valence-electron chi connectivity index (χ2n) is 6.16. The number of carbonyl (C=O) groups is 1. The minimum atomic E-state index is -0.833. The molecule has 1 aliphatic heterocycles. The SMILES string of the molecule is CC(=O)O.CC1CO1.C[C-](C)C.C[C-](C)C.C[C-](C)C.S.[S-2].[Zn+2].[Zn+2].[Zn+2]. The maximum absolute atomic E-state index is 9.00. The number of rotatable bonds is 0. The molecule has 0 radical (unpaired) electrons. The molecule has 0 aromatic rings. The second-order valence-corrected chi connectivity index (χ2v) is 6.16. The quantitative estimate of drug-likeness (QED) is 0.247. The molecule has 1 fully saturated rings. The van der Waals surface area contributed by atoms with Crippen molar-refractivity contribution >= 4 is 33.0 Å². The van der Waals surface area contributed by atoms with E-state index in [4.69, 9.17) is 14.6 Å². The number of aliphatic carboxylic acids is 1. The van der Waals surface area contributed by atoms with Crippen LogP contribution in [0.15, 0.2) is 0 Å². The third-order valence-electron chi connectivity index (χ3n) is 0.500. The molecular formula is C17H39O3S2Zn3+. The molecule has 1 saturated heterocycles.